The molecule has 0 unspecified atom stereocenters. The van der Waals surface area contributed by atoms with Crippen molar-refractivity contribution >= 4 is 17.5 Å². The van der Waals surface area contributed by atoms with E-state index in [1.165, 1.54) is 0 Å². The quantitative estimate of drug-likeness (QED) is 0.905. The number of carbonyl (C=O) groups is 2. The average Bonchev–Trinajstić information content (AvgIpc) is 2.82. The van der Waals surface area contributed by atoms with Crippen LogP contribution < -0.4 is 10.1 Å². The van der Waals surface area contributed by atoms with Gasteiger partial charge in [-0.15, -0.1) is 0 Å². The van der Waals surface area contributed by atoms with Gasteiger partial charge in [0.05, 0.1) is 12.0 Å². The highest BCUT2D eigenvalue weighted by Crippen LogP contribution is 2.21. The first-order chi connectivity index (χ1) is 9.99. The molecule has 0 aromatic heterocycles. The fourth-order valence-electron chi connectivity index (χ4n) is 2.39. The third kappa shape index (κ3) is 3.97. The van der Waals surface area contributed by atoms with Gasteiger partial charge in [0.1, 0.15) is 5.75 Å². The lowest BCUT2D eigenvalue weighted by atomic mass is 10.1. The highest BCUT2D eigenvalue weighted by molar-refractivity contribution is 5.97. The van der Waals surface area contributed by atoms with Gasteiger partial charge in [-0.2, -0.15) is 0 Å². The molecule has 1 aromatic rings. The third-order valence-electron chi connectivity index (χ3n) is 3.46. The molecule has 1 aliphatic rings. The topological polar surface area (TPSA) is 58.6 Å². The Morgan fingerprint density at radius 3 is 2.57 bits per heavy atom. The van der Waals surface area contributed by atoms with Crippen molar-refractivity contribution < 1.29 is 14.3 Å². The van der Waals surface area contributed by atoms with E-state index in [0.717, 1.165) is 11.4 Å². The molecule has 1 N–H and O–H groups in total. The largest absolute Gasteiger partial charge is 0.491 e. The number of nitrogens with one attached hydrogen (secondary N) is 1. The standard InChI is InChI=1S/C16H22N2O3/c1-4-18-10-12(9-15(18)19)16(20)17-13-5-7-14(8-6-13)21-11(2)3/h5-8,11-12H,4,9-10H2,1-3H3,(H,17,20)/t12-/m0/s1. The molecule has 2 rings (SSSR count). The maximum atomic E-state index is 12.2. The first-order valence-corrected chi connectivity index (χ1v) is 7.35. The summed E-state index contributed by atoms with van der Waals surface area (Å²) in [4.78, 5) is 25.5. The van der Waals surface area contributed by atoms with Crippen LogP contribution in [0.1, 0.15) is 27.2 Å². The first kappa shape index (κ1) is 15.4. The highest BCUT2D eigenvalue weighted by Gasteiger charge is 2.33. The van der Waals surface area contributed by atoms with Crippen LogP contribution in [0.3, 0.4) is 0 Å². The lowest BCUT2D eigenvalue weighted by molar-refractivity contribution is -0.128. The van der Waals surface area contributed by atoms with Crippen LogP contribution in [0, 0.1) is 5.92 Å². The van der Waals surface area contributed by atoms with Crippen LogP contribution in [0.4, 0.5) is 5.69 Å². The first-order valence-electron chi connectivity index (χ1n) is 7.35. The molecule has 5 heteroatoms. The van der Waals surface area contributed by atoms with Crippen molar-refractivity contribution in [1.82, 2.24) is 4.90 Å². The van der Waals surface area contributed by atoms with Gasteiger partial charge in [-0.1, -0.05) is 0 Å². The number of anilines is 1. The number of amides is 2. The van der Waals surface area contributed by atoms with E-state index in [4.69, 9.17) is 4.74 Å². The van der Waals surface area contributed by atoms with Gasteiger partial charge in [0.2, 0.25) is 11.8 Å². The predicted molar refractivity (Wildman–Crippen MR) is 81.2 cm³/mol. The maximum Gasteiger partial charge on any atom is 0.229 e. The van der Waals surface area contributed by atoms with Crippen LogP contribution in [0.2, 0.25) is 0 Å². The fourth-order valence-corrected chi connectivity index (χ4v) is 2.39. The molecule has 0 radical (unpaired) electrons. The van der Waals surface area contributed by atoms with E-state index in [1.807, 2.05) is 45.0 Å². The maximum absolute atomic E-state index is 12.2. The van der Waals surface area contributed by atoms with Gasteiger partial charge in [-0.25, -0.2) is 0 Å². The van der Waals surface area contributed by atoms with Crippen molar-refractivity contribution in [1.29, 1.82) is 0 Å². The van der Waals surface area contributed by atoms with Crippen LogP contribution in [-0.4, -0.2) is 35.9 Å². The van der Waals surface area contributed by atoms with Gasteiger partial charge < -0.3 is 15.0 Å². The summed E-state index contributed by atoms with van der Waals surface area (Å²) in [5, 5.41) is 2.86. The van der Waals surface area contributed by atoms with Crippen molar-refractivity contribution in [3.8, 4) is 5.75 Å². The van der Waals surface area contributed by atoms with Crippen molar-refractivity contribution in [3.63, 3.8) is 0 Å². The van der Waals surface area contributed by atoms with Crippen LogP contribution in [-0.2, 0) is 9.59 Å². The number of hydrogen-bond donors (Lipinski definition) is 1. The lowest BCUT2D eigenvalue weighted by Gasteiger charge is -2.14. The van der Waals surface area contributed by atoms with Crippen LogP contribution >= 0.6 is 0 Å². The Hall–Kier alpha value is -2.04. The molecule has 0 aliphatic carbocycles. The summed E-state index contributed by atoms with van der Waals surface area (Å²) in [5.74, 6) is 0.468. The molecule has 1 atom stereocenters. The molecule has 1 aromatic carbocycles. The summed E-state index contributed by atoms with van der Waals surface area (Å²) in [6.07, 6.45) is 0.420. The molecule has 1 saturated heterocycles. The SMILES string of the molecule is CCN1C[C@@H](C(=O)Nc2ccc(OC(C)C)cc2)CC1=O. The minimum absolute atomic E-state index is 0.0540. The van der Waals surface area contributed by atoms with Gasteiger partial charge in [0.25, 0.3) is 0 Å². The van der Waals surface area contributed by atoms with Gasteiger partial charge in [-0.3, -0.25) is 9.59 Å². The summed E-state index contributed by atoms with van der Waals surface area (Å²) in [5.41, 5.74) is 0.721. The van der Waals surface area contributed by atoms with E-state index in [-0.39, 0.29) is 23.8 Å². The molecule has 0 bridgehead atoms. The normalized spacial score (nSPS) is 18.2. The smallest absolute Gasteiger partial charge is 0.229 e. The molecule has 0 saturated carbocycles. The van der Waals surface area contributed by atoms with Crippen LogP contribution in [0.25, 0.3) is 0 Å². The Morgan fingerprint density at radius 2 is 2.05 bits per heavy atom. The Labute approximate surface area is 125 Å². The Bertz CT molecular complexity index is 511. The summed E-state index contributed by atoms with van der Waals surface area (Å²) in [6.45, 7) is 7.02. The number of nitrogens with zero attached hydrogens (tertiary/aromatic N) is 1. The van der Waals surface area contributed by atoms with Gasteiger partial charge >= 0.3 is 0 Å². The number of hydrogen-bond acceptors (Lipinski definition) is 3. The summed E-state index contributed by atoms with van der Waals surface area (Å²) < 4.78 is 5.55. The number of benzene rings is 1. The Balaban J connectivity index is 1.92. The van der Waals surface area contributed by atoms with Crippen molar-refractivity contribution in [2.75, 3.05) is 18.4 Å². The van der Waals surface area contributed by atoms with E-state index in [1.54, 1.807) is 4.90 Å². The van der Waals surface area contributed by atoms with E-state index in [2.05, 4.69) is 5.32 Å². The molecule has 21 heavy (non-hydrogen) atoms. The van der Waals surface area contributed by atoms with E-state index in [9.17, 15) is 9.59 Å². The van der Waals surface area contributed by atoms with Gasteiger partial charge in [-0.05, 0) is 45.0 Å². The second-order valence-electron chi connectivity index (χ2n) is 5.51. The van der Waals surface area contributed by atoms with Crippen molar-refractivity contribution in [2.24, 2.45) is 5.92 Å². The molecule has 1 aliphatic heterocycles. The molecular formula is C16H22N2O3. The van der Waals surface area contributed by atoms with E-state index < -0.39 is 0 Å². The zero-order valence-corrected chi connectivity index (χ0v) is 12.8. The molecule has 2 amide bonds. The summed E-state index contributed by atoms with van der Waals surface area (Å²) >= 11 is 0. The van der Waals surface area contributed by atoms with Crippen molar-refractivity contribution in [2.45, 2.75) is 33.3 Å². The molecule has 5 nitrogen and oxygen atoms in total. The number of carbonyl (C=O) groups excluding carboxylic acids is 2. The molecule has 1 heterocycles. The Kier molecular flexibility index (Phi) is 4.83. The van der Waals surface area contributed by atoms with Gasteiger partial charge in [0, 0.05) is 25.2 Å². The van der Waals surface area contributed by atoms with E-state index >= 15 is 0 Å². The monoisotopic (exact) mass is 290 g/mol. The predicted octanol–water partition coefficient (Wildman–Crippen LogP) is 2.28. The molecule has 1 fully saturated rings. The second kappa shape index (κ2) is 6.61. The minimum atomic E-state index is -0.260. The minimum Gasteiger partial charge on any atom is -0.491 e. The summed E-state index contributed by atoms with van der Waals surface area (Å²) in [6, 6.07) is 7.27. The van der Waals surface area contributed by atoms with Gasteiger partial charge in [0.15, 0.2) is 0 Å². The summed E-state index contributed by atoms with van der Waals surface area (Å²) in [7, 11) is 0. The zero-order valence-electron chi connectivity index (χ0n) is 12.8. The highest BCUT2D eigenvalue weighted by atomic mass is 16.5. The Morgan fingerprint density at radius 1 is 1.38 bits per heavy atom. The number of ether oxygens (including phenoxy) is 1. The second-order valence-corrected chi connectivity index (χ2v) is 5.51. The van der Waals surface area contributed by atoms with Crippen LogP contribution in [0.15, 0.2) is 24.3 Å². The lowest BCUT2D eigenvalue weighted by Crippen LogP contribution is -2.28. The number of likely N-dealkylation sites (tertiary alicyclic amines) is 1. The van der Waals surface area contributed by atoms with Crippen molar-refractivity contribution in [3.05, 3.63) is 24.3 Å². The average molecular weight is 290 g/mol. The third-order valence-corrected chi connectivity index (χ3v) is 3.46. The van der Waals surface area contributed by atoms with E-state index in [0.29, 0.717) is 19.5 Å². The molecular weight excluding hydrogens is 268 g/mol. The number of rotatable bonds is 5. The zero-order chi connectivity index (χ0) is 15.4. The molecule has 114 valence electrons. The van der Waals surface area contributed by atoms with Crippen LogP contribution in [0.5, 0.6) is 5.75 Å². The fraction of sp³-hybridized carbons (Fsp3) is 0.500. The molecule has 0 spiro atoms.